The molecule has 0 bridgehead atoms. The first kappa shape index (κ1) is 15.9. The number of hydrogen-bond donors (Lipinski definition) is 1. The van der Waals surface area contributed by atoms with E-state index >= 15 is 0 Å². The first-order valence-corrected chi connectivity index (χ1v) is 8.07. The third-order valence-corrected chi connectivity index (χ3v) is 6.33. The molecule has 1 aliphatic heterocycles. The van der Waals surface area contributed by atoms with E-state index in [0.717, 1.165) is 16.4 Å². The molecule has 2 rings (SSSR count). The molecule has 1 N–H and O–H groups in total. The molecule has 5 nitrogen and oxygen atoms in total. The van der Waals surface area contributed by atoms with Crippen LogP contribution < -0.4 is 0 Å². The first-order chi connectivity index (χ1) is 9.60. The van der Waals surface area contributed by atoms with Gasteiger partial charge in [-0.2, -0.15) is 4.31 Å². The van der Waals surface area contributed by atoms with Crippen molar-refractivity contribution in [3.8, 4) is 0 Å². The van der Waals surface area contributed by atoms with Gasteiger partial charge in [-0.05, 0) is 56.9 Å². The lowest BCUT2D eigenvalue weighted by Crippen LogP contribution is -2.50. The Kier molecular flexibility index (Phi) is 3.84. The van der Waals surface area contributed by atoms with Gasteiger partial charge in [-0.25, -0.2) is 12.8 Å². The third-order valence-electron chi connectivity index (χ3n) is 4.01. The molecule has 1 unspecified atom stereocenters. The summed E-state index contributed by atoms with van der Waals surface area (Å²) in [6.07, 6.45) is 0.752. The summed E-state index contributed by atoms with van der Waals surface area (Å²) in [5.41, 5.74) is -0.884. The number of aliphatic carboxylic acids is 1. The third kappa shape index (κ3) is 2.44. The molecule has 1 aromatic rings. The molecule has 0 saturated carbocycles. The molecule has 7 heteroatoms. The molecule has 0 aliphatic carbocycles. The molecule has 1 atom stereocenters. The van der Waals surface area contributed by atoms with E-state index < -0.39 is 27.3 Å². The van der Waals surface area contributed by atoms with Crippen molar-refractivity contribution < 1.29 is 22.7 Å². The van der Waals surface area contributed by atoms with Gasteiger partial charge in [-0.3, -0.25) is 4.79 Å². The molecule has 1 aromatic carbocycles. The number of rotatable bonds is 3. The zero-order valence-electron chi connectivity index (χ0n) is 12.2. The van der Waals surface area contributed by atoms with Crippen molar-refractivity contribution in [3.05, 3.63) is 29.1 Å². The highest BCUT2D eigenvalue weighted by atomic mass is 32.2. The zero-order chi connectivity index (χ0) is 16.0. The Morgan fingerprint density at radius 1 is 1.33 bits per heavy atom. The molecule has 1 fully saturated rings. The van der Waals surface area contributed by atoms with Gasteiger partial charge in [0.15, 0.2) is 0 Å². The molecule has 0 amide bonds. The molecule has 21 heavy (non-hydrogen) atoms. The summed E-state index contributed by atoms with van der Waals surface area (Å²) in [5.74, 6) is -1.67. The van der Waals surface area contributed by atoms with Gasteiger partial charge in [-0.15, -0.1) is 0 Å². The van der Waals surface area contributed by atoms with E-state index in [2.05, 4.69) is 0 Å². The highest BCUT2D eigenvalue weighted by Crippen LogP contribution is 2.36. The van der Waals surface area contributed by atoms with Gasteiger partial charge in [0, 0.05) is 6.54 Å². The minimum absolute atomic E-state index is 0.00160. The van der Waals surface area contributed by atoms with Crippen molar-refractivity contribution in [1.82, 2.24) is 4.31 Å². The second-order valence-corrected chi connectivity index (χ2v) is 7.43. The summed E-state index contributed by atoms with van der Waals surface area (Å²) < 4.78 is 40.1. The number of sulfonamides is 1. The molecule has 0 radical (unpaired) electrons. The van der Waals surface area contributed by atoms with E-state index in [1.807, 2.05) is 0 Å². The molecule has 0 aromatic heterocycles. The first-order valence-electron chi connectivity index (χ1n) is 6.63. The molecular formula is C14H18FNO4S. The van der Waals surface area contributed by atoms with Crippen LogP contribution >= 0.6 is 0 Å². The molecule has 1 saturated heterocycles. The molecule has 1 aliphatic rings. The molecule has 1 heterocycles. The number of hydrogen-bond acceptors (Lipinski definition) is 3. The van der Waals surface area contributed by atoms with E-state index in [9.17, 15) is 22.7 Å². The predicted octanol–water partition coefficient (Wildman–Crippen LogP) is 2.07. The van der Waals surface area contributed by atoms with E-state index in [4.69, 9.17) is 0 Å². The highest BCUT2D eigenvalue weighted by Gasteiger charge is 2.50. The minimum Gasteiger partial charge on any atom is -0.480 e. The van der Waals surface area contributed by atoms with Gasteiger partial charge >= 0.3 is 5.97 Å². The summed E-state index contributed by atoms with van der Waals surface area (Å²) in [6.45, 7) is 4.59. The van der Waals surface area contributed by atoms with Crippen LogP contribution in [0.2, 0.25) is 0 Å². The Morgan fingerprint density at radius 2 is 1.86 bits per heavy atom. The highest BCUT2D eigenvalue weighted by molar-refractivity contribution is 7.89. The van der Waals surface area contributed by atoms with Crippen LogP contribution in [0.15, 0.2) is 17.0 Å². The number of nitrogens with zero attached hydrogens (tertiary/aromatic N) is 1. The Labute approximate surface area is 123 Å². The second kappa shape index (κ2) is 5.06. The summed E-state index contributed by atoms with van der Waals surface area (Å²) in [7, 11) is -3.98. The smallest absolute Gasteiger partial charge is 0.324 e. The Morgan fingerprint density at radius 3 is 2.33 bits per heavy atom. The summed E-state index contributed by atoms with van der Waals surface area (Å²) in [6, 6.07) is 2.29. The number of carbonyl (C=O) groups is 1. The maximum atomic E-state index is 13.4. The van der Waals surface area contributed by atoms with Crippen LogP contribution in [-0.4, -0.2) is 35.9 Å². The SMILES string of the molecule is Cc1cc(F)cc(C)c1S(=O)(=O)N1CCCC1(C)C(=O)O. The van der Waals surface area contributed by atoms with Crippen LogP contribution in [0.3, 0.4) is 0 Å². The number of halogens is 1. The van der Waals surface area contributed by atoms with Crippen molar-refractivity contribution in [2.24, 2.45) is 0 Å². The van der Waals surface area contributed by atoms with Crippen molar-refractivity contribution in [2.75, 3.05) is 6.54 Å². The standard InChI is InChI=1S/C14H18FNO4S/c1-9-7-11(15)8-10(2)12(9)21(19,20)16-6-4-5-14(16,3)13(17)18/h7-8H,4-6H2,1-3H3,(H,17,18). The van der Waals surface area contributed by atoms with Crippen LogP contribution in [0.4, 0.5) is 4.39 Å². The van der Waals surface area contributed by atoms with Crippen molar-refractivity contribution in [2.45, 2.75) is 44.0 Å². The Bertz CT molecular complexity index is 678. The largest absolute Gasteiger partial charge is 0.480 e. The quantitative estimate of drug-likeness (QED) is 0.926. The Balaban J connectivity index is 2.61. The molecule has 116 valence electrons. The number of aryl methyl sites for hydroxylation is 2. The van der Waals surface area contributed by atoms with Crippen molar-refractivity contribution in [3.63, 3.8) is 0 Å². The lowest BCUT2D eigenvalue weighted by Gasteiger charge is -2.31. The van der Waals surface area contributed by atoms with E-state index in [1.165, 1.54) is 20.8 Å². The average molecular weight is 315 g/mol. The van der Waals surface area contributed by atoms with Gasteiger partial charge in [-0.1, -0.05) is 0 Å². The van der Waals surface area contributed by atoms with E-state index in [-0.39, 0.29) is 29.0 Å². The van der Waals surface area contributed by atoms with E-state index in [0.29, 0.717) is 6.42 Å². The lowest BCUT2D eigenvalue weighted by molar-refractivity contribution is -0.146. The Hall–Kier alpha value is -1.47. The van der Waals surface area contributed by atoms with Crippen LogP contribution in [0.25, 0.3) is 0 Å². The fourth-order valence-corrected chi connectivity index (χ4v) is 5.17. The van der Waals surface area contributed by atoms with Crippen LogP contribution in [0.1, 0.15) is 30.9 Å². The van der Waals surface area contributed by atoms with Crippen LogP contribution in [-0.2, 0) is 14.8 Å². The molecule has 0 spiro atoms. The number of carboxylic acid groups (broad SMARTS) is 1. The second-order valence-electron chi connectivity index (χ2n) is 5.63. The fourth-order valence-electron chi connectivity index (χ4n) is 2.95. The van der Waals surface area contributed by atoms with Crippen LogP contribution in [0.5, 0.6) is 0 Å². The van der Waals surface area contributed by atoms with E-state index in [1.54, 1.807) is 0 Å². The number of benzene rings is 1. The minimum atomic E-state index is -3.98. The topological polar surface area (TPSA) is 74.7 Å². The fraction of sp³-hybridized carbons (Fsp3) is 0.500. The van der Waals surface area contributed by atoms with Crippen molar-refractivity contribution in [1.29, 1.82) is 0 Å². The van der Waals surface area contributed by atoms with Gasteiger partial charge in [0.05, 0.1) is 4.90 Å². The maximum absolute atomic E-state index is 13.4. The van der Waals surface area contributed by atoms with Crippen molar-refractivity contribution >= 4 is 16.0 Å². The number of carboxylic acids is 1. The molecular weight excluding hydrogens is 297 g/mol. The summed E-state index contributed by atoms with van der Waals surface area (Å²) in [5, 5.41) is 9.37. The summed E-state index contributed by atoms with van der Waals surface area (Å²) in [4.78, 5) is 11.5. The van der Waals surface area contributed by atoms with Gasteiger partial charge in [0.25, 0.3) is 0 Å². The van der Waals surface area contributed by atoms with Gasteiger partial charge in [0.1, 0.15) is 11.4 Å². The monoisotopic (exact) mass is 315 g/mol. The summed E-state index contributed by atoms with van der Waals surface area (Å²) >= 11 is 0. The predicted molar refractivity (Wildman–Crippen MR) is 75.0 cm³/mol. The normalized spacial score (nSPS) is 23.4. The van der Waals surface area contributed by atoms with Gasteiger partial charge < -0.3 is 5.11 Å². The van der Waals surface area contributed by atoms with Crippen LogP contribution in [0, 0.1) is 19.7 Å². The lowest BCUT2D eigenvalue weighted by atomic mass is 10.0. The average Bonchev–Trinajstić information content (AvgIpc) is 2.71. The zero-order valence-corrected chi connectivity index (χ0v) is 13.0. The van der Waals surface area contributed by atoms with Gasteiger partial charge in [0.2, 0.25) is 10.0 Å². The maximum Gasteiger partial charge on any atom is 0.324 e.